The molecule has 0 aliphatic carbocycles. The third kappa shape index (κ3) is 5.90. The molecule has 2 rings (SSSR count). The minimum absolute atomic E-state index is 0.0425. The summed E-state index contributed by atoms with van der Waals surface area (Å²) in [6.45, 7) is 5.55. The molecule has 1 aliphatic heterocycles. The van der Waals surface area contributed by atoms with E-state index < -0.39 is 0 Å². The molecule has 0 radical (unpaired) electrons. The van der Waals surface area contributed by atoms with E-state index in [-0.39, 0.29) is 24.0 Å². The molecular weight excluding hydrogens is 296 g/mol. The van der Waals surface area contributed by atoms with Gasteiger partial charge in [-0.25, -0.2) is 9.59 Å². The number of hydrogen-bond acceptors (Lipinski definition) is 4. The second kappa shape index (κ2) is 8.53. The van der Waals surface area contributed by atoms with Crippen LogP contribution in [0.1, 0.15) is 37.0 Å². The first-order valence-electron chi connectivity index (χ1n) is 7.97. The third-order valence-corrected chi connectivity index (χ3v) is 3.48. The largest absolute Gasteiger partial charge is 0.462 e. The monoisotopic (exact) mass is 320 g/mol. The van der Waals surface area contributed by atoms with E-state index in [4.69, 9.17) is 9.47 Å². The fraction of sp³-hybridized carbons (Fsp3) is 0.529. The Morgan fingerprint density at radius 2 is 2.22 bits per heavy atom. The van der Waals surface area contributed by atoms with Gasteiger partial charge in [-0.05, 0) is 44.9 Å². The van der Waals surface area contributed by atoms with Crippen molar-refractivity contribution < 1.29 is 19.1 Å². The summed E-state index contributed by atoms with van der Waals surface area (Å²) in [5, 5.41) is 5.42. The van der Waals surface area contributed by atoms with Crippen molar-refractivity contribution in [2.45, 2.75) is 32.7 Å². The minimum atomic E-state index is -0.386. The fourth-order valence-corrected chi connectivity index (χ4v) is 2.37. The molecule has 2 amide bonds. The number of rotatable bonds is 5. The molecule has 6 heteroatoms. The van der Waals surface area contributed by atoms with E-state index in [1.54, 1.807) is 24.3 Å². The second-order valence-electron chi connectivity index (χ2n) is 6.02. The van der Waals surface area contributed by atoms with Crippen molar-refractivity contribution in [3.63, 3.8) is 0 Å². The van der Waals surface area contributed by atoms with Gasteiger partial charge < -0.3 is 20.1 Å². The number of ether oxygens (including phenoxy) is 2. The minimum Gasteiger partial charge on any atom is -0.462 e. The third-order valence-electron chi connectivity index (χ3n) is 3.48. The van der Waals surface area contributed by atoms with Crippen LogP contribution in [0.5, 0.6) is 0 Å². The Hall–Kier alpha value is -2.08. The average molecular weight is 320 g/mol. The molecule has 0 aromatic heterocycles. The maximum absolute atomic E-state index is 12.1. The van der Waals surface area contributed by atoms with Gasteiger partial charge in [-0.15, -0.1) is 0 Å². The zero-order valence-corrected chi connectivity index (χ0v) is 13.6. The highest BCUT2D eigenvalue weighted by molar-refractivity contribution is 5.94. The van der Waals surface area contributed by atoms with E-state index in [0.29, 0.717) is 24.5 Å². The Morgan fingerprint density at radius 1 is 1.39 bits per heavy atom. The highest BCUT2D eigenvalue weighted by atomic mass is 16.5. The molecule has 0 saturated carbocycles. The number of nitrogens with one attached hydrogen (secondary N) is 2. The molecule has 1 unspecified atom stereocenters. The summed E-state index contributed by atoms with van der Waals surface area (Å²) in [5.74, 6) is -0.116. The van der Waals surface area contributed by atoms with Gasteiger partial charge in [-0.1, -0.05) is 6.07 Å². The second-order valence-corrected chi connectivity index (χ2v) is 6.02. The normalized spacial score (nSPS) is 17.6. The van der Waals surface area contributed by atoms with Crippen LogP contribution >= 0.6 is 0 Å². The number of amides is 2. The molecule has 126 valence electrons. The summed E-state index contributed by atoms with van der Waals surface area (Å²) in [4.78, 5) is 23.8. The van der Waals surface area contributed by atoms with Crippen molar-refractivity contribution in [2.75, 3.05) is 25.1 Å². The quantitative estimate of drug-likeness (QED) is 0.818. The van der Waals surface area contributed by atoms with E-state index in [0.717, 1.165) is 19.4 Å². The first-order chi connectivity index (χ1) is 11.0. The smallest absolute Gasteiger partial charge is 0.338 e. The maximum Gasteiger partial charge on any atom is 0.338 e. The number of esters is 1. The number of urea groups is 1. The topological polar surface area (TPSA) is 76.7 Å². The first kappa shape index (κ1) is 17.3. The van der Waals surface area contributed by atoms with Crippen LogP contribution in [0.3, 0.4) is 0 Å². The molecule has 2 N–H and O–H groups in total. The van der Waals surface area contributed by atoms with Crippen LogP contribution in [0, 0.1) is 5.92 Å². The summed E-state index contributed by atoms with van der Waals surface area (Å²) in [7, 11) is 0. The summed E-state index contributed by atoms with van der Waals surface area (Å²) < 4.78 is 10.7. The van der Waals surface area contributed by atoms with E-state index in [1.165, 1.54) is 0 Å². The molecule has 1 atom stereocenters. The van der Waals surface area contributed by atoms with Crippen molar-refractivity contribution in [1.29, 1.82) is 0 Å². The lowest BCUT2D eigenvalue weighted by molar-refractivity contribution is 0.00860. The lowest BCUT2D eigenvalue weighted by atomic mass is 10.0. The Morgan fingerprint density at radius 3 is 2.91 bits per heavy atom. The Bertz CT molecular complexity index is 539. The lowest BCUT2D eigenvalue weighted by Gasteiger charge is -2.21. The number of benzene rings is 1. The summed E-state index contributed by atoms with van der Waals surface area (Å²) >= 11 is 0. The van der Waals surface area contributed by atoms with Crippen LogP contribution in [0.25, 0.3) is 0 Å². The lowest BCUT2D eigenvalue weighted by Crippen LogP contribution is -2.34. The molecular formula is C17H24N2O4. The standard InChI is InChI=1S/C17H24N2O4/c1-12(2)18-17(21)19-15-7-3-6-14(9-15)16(20)23-11-13-5-4-8-22-10-13/h3,6-7,9,12-13H,4-5,8,10-11H2,1-2H3,(H2,18,19,21). The Labute approximate surface area is 136 Å². The molecule has 1 aromatic rings. The van der Waals surface area contributed by atoms with Gasteiger partial charge in [0.05, 0.1) is 18.8 Å². The van der Waals surface area contributed by atoms with Gasteiger partial charge in [0, 0.05) is 24.3 Å². The van der Waals surface area contributed by atoms with Gasteiger partial charge in [-0.2, -0.15) is 0 Å². The van der Waals surface area contributed by atoms with Crippen LogP contribution < -0.4 is 10.6 Å². The number of carbonyl (C=O) groups excluding carboxylic acids is 2. The number of carbonyl (C=O) groups is 2. The van der Waals surface area contributed by atoms with Crippen molar-refractivity contribution in [3.05, 3.63) is 29.8 Å². The van der Waals surface area contributed by atoms with E-state index in [9.17, 15) is 9.59 Å². The SMILES string of the molecule is CC(C)NC(=O)Nc1cccc(C(=O)OCC2CCCOC2)c1. The van der Waals surface area contributed by atoms with Gasteiger partial charge in [0.1, 0.15) is 0 Å². The van der Waals surface area contributed by atoms with E-state index in [2.05, 4.69) is 10.6 Å². The van der Waals surface area contributed by atoms with Crippen LogP contribution in [-0.2, 0) is 9.47 Å². The average Bonchev–Trinajstić information content (AvgIpc) is 2.53. The molecule has 1 heterocycles. The zero-order valence-electron chi connectivity index (χ0n) is 13.6. The molecule has 1 aliphatic rings. The predicted molar refractivity (Wildman–Crippen MR) is 87.6 cm³/mol. The van der Waals surface area contributed by atoms with Crippen molar-refractivity contribution in [3.8, 4) is 0 Å². The summed E-state index contributed by atoms with van der Waals surface area (Å²) in [6, 6.07) is 6.47. The molecule has 1 saturated heterocycles. The highest BCUT2D eigenvalue weighted by Gasteiger charge is 2.17. The number of hydrogen-bond donors (Lipinski definition) is 2. The van der Waals surface area contributed by atoms with Crippen LogP contribution in [0.2, 0.25) is 0 Å². The van der Waals surface area contributed by atoms with Gasteiger partial charge in [0.25, 0.3) is 0 Å². The maximum atomic E-state index is 12.1. The van der Waals surface area contributed by atoms with Gasteiger partial charge in [-0.3, -0.25) is 0 Å². The zero-order chi connectivity index (χ0) is 16.7. The van der Waals surface area contributed by atoms with Crippen LogP contribution in [0.4, 0.5) is 10.5 Å². The van der Waals surface area contributed by atoms with E-state index >= 15 is 0 Å². The first-order valence-corrected chi connectivity index (χ1v) is 7.97. The fourth-order valence-electron chi connectivity index (χ4n) is 2.37. The highest BCUT2D eigenvalue weighted by Crippen LogP contribution is 2.16. The molecule has 0 bridgehead atoms. The summed E-state index contributed by atoms with van der Waals surface area (Å²) in [6.07, 6.45) is 2.02. The van der Waals surface area contributed by atoms with Crippen molar-refractivity contribution in [1.82, 2.24) is 5.32 Å². The van der Waals surface area contributed by atoms with E-state index in [1.807, 2.05) is 13.8 Å². The Balaban J connectivity index is 1.87. The van der Waals surface area contributed by atoms with Crippen molar-refractivity contribution in [2.24, 2.45) is 5.92 Å². The van der Waals surface area contributed by atoms with Crippen LogP contribution in [0.15, 0.2) is 24.3 Å². The van der Waals surface area contributed by atoms with Crippen molar-refractivity contribution >= 4 is 17.7 Å². The van der Waals surface area contributed by atoms with Gasteiger partial charge in [0.2, 0.25) is 0 Å². The molecule has 23 heavy (non-hydrogen) atoms. The van der Waals surface area contributed by atoms with Gasteiger partial charge >= 0.3 is 12.0 Å². The van der Waals surface area contributed by atoms with Crippen LogP contribution in [-0.4, -0.2) is 37.9 Å². The summed E-state index contributed by atoms with van der Waals surface area (Å²) in [5.41, 5.74) is 0.975. The molecule has 6 nitrogen and oxygen atoms in total. The van der Waals surface area contributed by atoms with Gasteiger partial charge in [0.15, 0.2) is 0 Å². The predicted octanol–water partition coefficient (Wildman–Crippen LogP) is 2.80. The Kier molecular flexibility index (Phi) is 6.40. The molecule has 1 fully saturated rings. The molecule has 1 aromatic carbocycles. The number of anilines is 1. The molecule has 0 spiro atoms.